The predicted octanol–water partition coefficient (Wildman–Crippen LogP) is 0.182. The summed E-state index contributed by atoms with van der Waals surface area (Å²) >= 11 is 0. The molecule has 0 aliphatic carbocycles. The number of nitrogens with zero attached hydrogens (tertiary/aromatic N) is 1. The fraction of sp³-hybridized carbons (Fsp3) is 0.455. The van der Waals surface area contributed by atoms with Crippen LogP contribution in [0.15, 0.2) is 16.9 Å². The molecule has 0 saturated carbocycles. The highest BCUT2D eigenvalue weighted by Crippen LogP contribution is 2.02. The van der Waals surface area contributed by atoms with E-state index in [1.165, 1.54) is 6.26 Å². The van der Waals surface area contributed by atoms with Crippen molar-refractivity contribution in [3.8, 4) is 0 Å². The first-order chi connectivity index (χ1) is 9.49. The topological polar surface area (TPSA) is 142 Å². The quantitative estimate of drug-likeness (QED) is 0.533. The van der Waals surface area contributed by atoms with E-state index in [1.54, 1.807) is 6.07 Å². The summed E-state index contributed by atoms with van der Waals surface area (Å²) in [5.74, 6) is -2.23. The Morgan fingerprint density at radius 3 is 2.65 bits per heavy atom. The first-order valence-electron chi connectivity index (χ1n) is 5.87. The summed E-state index contributed by atoms with van der Waals surface area (Å²) in [7, 11) is 0. The van der Waals surface area contributed by atoms with Gasteiger partial charge in [0.05, 0.1) is 6.54 Å². The van der Waals surface area contributed by atoms with Gasteiger partial charge in [0.1, 0.15) is 18.0 Å². The molecule has 0 spiro atoms. The summed E-state index contributed by atoms with van der Waals surface area (Å²) in [4.78, 5) is 32.8. The highest BCUT2D eigenvalue weighted by molar-refractivity contribution is 5.82. The van der Waals surface area contributed by atoms with E-state index in [0.29, 0.717) is 5.69 Å². The lowest BCUT2D eigenvalue weighted by Gasteiger charge is -2.14. The molecule has 0 saturated heterocycles. The van der Waals surface area contributed by atoms with Gasteiger partial charge in [-0.25, -0.2) is 9.59 Å². The SMILES string of the molecule is O=C(O)CCC[C@@H](NC(=O)NCc1ccon1)C(=O)O. The van der Waals surface area contributed by atoms with Crippen LogP contribution in [-0.2, 0) is 16.1 Å². The molecule has 1 rings (SSSR count). The highest BCUT2D eigenvalue weighted by atomic mass is 16.5. The molecule has 0 bridgehead atoms. The van der Waals surface area contributed by atoms with Crippen molar-refractivity contribution in [1.29, 1.82) is 0 Å². The van der Waals surface area contributed by atoms with Crippen LogP contribution in [0.4, 0.5) is 4.79 Å². The molecule has 0 aromatic carbocycles. The zero-order chi connectivity index (χ0) is 15.0. The minimum Gasteiger partial charge on any atom is -0.481 e. The zero-order valence-electron chi connectivity index (χ0n) is 10.5. The van der Waals surface area contributed by atoms with Gasteiger partial charge in [-0.1, -0.05) is 5.16 Å². The van der Waals surface area contributed by atoms with Crippen LogP contribution < -0.4 is 10.6 Å². The molecule has 1 aromatic rings. The van der Waals surface area contributed by atoms with Gasteiger partial charge in [-0.2, -0.15) is 0 Å². The fourth-order valence-corrected chi connectivity index (χ4v) is 1.42. The van der Waals surface area contributed by atoms with Crippen molar-refractivity contribution >= 4 is 18.0 Å². The number of carbonyl (C=O) groups excluding carboxylic acids is 1. The van der Waals surface area contributed by atoms with Crippen molar-refractivity contribution in [3.63, 3.8) is 0 Å². The second kappa shape index (κ2) is 7.77. The maximum atomic E-state index is 11.5. The Balaban J connectivity index is 2.34. The van der Waals surface area contributed by atoms with Gasteiger partial charge in [0.15, 0.2) is 0 Å². The Morgan fingerprint density at radius 2 is 2.10 bits per heavy atom. The lowest BCUT2D eigenvalue weighted by molar-refractivity contribution is -0.140. The number of carboxylic acid groups (broad SMARTS) is 2. The van der Waals surface area contributed by atoms with Gasteiger partial charge in [0.25, 0.3) is 0 Å². The van der Waals surface area contributed by atoms with E-state index in [-0.39, 0.29) is 25.8 Å². The molecule has 110 valence electrons. The number of aromatic nitrogens is 1. The van der Waals surface area contributed by atoms with E-state index in [2.05, 4.69) is 20.3 Å². The van der Waals surface area contributed by atoms with Crippen LogP contribution >= 0.6 is 0 Å². The van der Waals surface area contributed by atoms with Crippen LogP contribution in [0.1, 0.15) is 25.0 Å². The maximum Gasteiger partial charge on any atom is 0.326 e. The molecule has 1 heterocycles. The lowest BCUT2D eigenvalue weighted by atomic mass is 10.1. The number of amides is 2. The Morgan fingerprint density at radius 1 is 1.35 bits per heavy atom. The Hall–Kier alpha value is -2.58. The molecule has 0 aliphatic rings. The van der Waals surface area contributed by atoms with E-state index in [9.17, 15) is 14.4 Å². The average Bonchev–Trinajstić information content (AvgIpc) is 2.87. The van der Waals surface area contributed by atoms with Gasteiger partial charge < -0.3 is 25.4 Å². The zero-order valence-corrected chi connectivity index (χ0v) is 10.5. The Bertz CT molecular complexity index is 459. The van der Waals surface area contributed by atoms with Crippen molar-refractivity contribution in [2.75, 3.05) is 0 Å². The molecule has 20 heavy (non-hydrogen) atoms. The van der Waals surface area contributed by atoms with Gasteiger partial charge in [0.2, 0.25) is 0 Å². The molecule has 0 fully saturated rings. The smallest absolute Gasteiger partial charge is 0.326 e. The van der Waals surface area contributed by atoms with Crippen LogP contribution in [0.5, 0.6) is 0 Å². The maximum absolute atomic E-state index is 11.5. The molecule has 4 N–H and O–H groups in total. The van der Waals surface area contributed by atoms with Gasteiger partial charge in [-0.05, 0) is 12.8 Å². The van der Waals surface area contributed by atoms with E-state index in [1.807, 2.05) is 0 Å². The van der Waals surface area contributed by atoms with Crippen molar-refractivity contribution in [2.45, 2.75) is 31.8 Å². The lowest BCUT2D eigenvalue weighted by Crippen LogP contribution is -2.45. The largest absolute Gasteiger partial charge is 0.481 e. The molecular weight excluding hydrogens is 270 g/mol. The molecule has 0 aliphatic heterocycles. The van der Waals surface area contributed by atoms with Crippen molar-refractivity contribution in [2.24, 2.45) is 0 Å². The van der Waals surface area contributed by atoms with E-state index in [0.717, 1.165) is 0 Å². The first-order valence-corrected chi connectivity index (χ1v) is 5.87. The van der Waals surface area contributed by atoms with E-state index in [4.69, 9.17) is 10.2 Å². The summed E-state index contributed by atoms with van der Waals surface area (Å²) in [6, 6.07) is -0.246. The minimum absolute atomic E-state index is 0.0407. The van der Waals surface area contributed by atoms with Crippen LogP contribution in [0.3, 0.4) is 0 Å². The van der Waals surface area contributed by atoms with Crippen LogP contribution in [0.2, 0.25) is 0 Å². The standard InChI is InChI=1S/C11H15N3O6/c15-9(16)3-1-2-8(10(17)18)13-11(19)12-6-7-4-5-20-14-7/h4-5,8H,1-3,6H2,(H,15,16)(H,17,18)(H2,12,13,19)/t8-/m1/s1. The number of urea groups is 1. The Labute approximate surface area is 113 Å². The number of hydrogen-bond acceptors (Lipinski definition) is 5. The summed E-state index contributed by atoms with van der Waals surface area (Å²) in [6.45, 7) is 0.101. The molecule has 9 nitrogen and oxygen atoms in total. The molecule has 2 amide bonds. The predicted molar refractivity (Wildman–Crippen MR) is 64.8 cm³/mol. The first kappa shape index (κ1) is 15.5. The number of rotatable bonds is 8. The second-order valence-electron chi connectivity index (χ2n) is 3.99. The van der Waals surface area contributed by atoms with Crippen LogP contribution in [-0.4, -0.2) is 39.4 Å². The number of carbonyl (C=O) groups is 3. The number of nitrogens with one attached hydrogen (secondary N) is 2. The molecule has 0 unspecified atom stereocenters. The van der Waals surface area contributed by atoms with Crippen LogP contribution in [0, 0.1) is 0 Å². The molecule has 0 radical (unpaired) electrons. The second-order valence-corrected chi connectivity index (χ2v) is 3.99. The fourth-order valence-electron chi connectivity index (χ4n) is 1.42. The monoisotopic (exact) mass is 285 g/mol. The highest BCUT2D eigenvalue weighted by Gasteiger charge is 2.19. The van der Waals surface area contributed by atoms with Crippen molar-refractivity contribution < 1.29 is 29.1 Å². The van der Waals surface area contributed by atoms with Gasteiger partial charge in [0, 0.05) is 12.5 Å². The van der Waals surface area contributed by atoms with Gasteiger partial charge in [-0.3, -0.25) is 4.79 Å². The third-order valence-corrected chi connectivity index (χ3v) is 2.41. The van der Waals surface area contributed by atoms with Gasteiger partial charge in [-0.15, -0.1) is 0 Å². The third-order valence-electron chi connectivity index (χ3n) is 2.41. The van der Waals surface area contributed by atoms with Crippen molar-refractivity contribution in [1.82, 2.24) is 15.8 Å². The molecule has 1 atom stereocenters. The number of aliphatic carboxylic acids is 2. The van der Waals surface area contributed by atoms with Crippen molar-refractivity contribution in [3.05, 3.63) is 18.0 Å². The average molecular weight is 285 g/mol. The summed E-state index contributed by atoms with van der Waals surface area (Å²) in [5, 5.41) is 25.6. The third kappa shape index (κ3) is 5.85. The van der Waals surface area contributed by atoms with Gasteiger partial charge >= 0.3 is 18.0 Å². The van der Waals surface area contributed by atoms with E-state index >= 15 is 0 Å². The normalized spacial score (nSPS) is 11.6. The van der Waals surface area contributed by atoms with Crippen LogP contribution in [0.25, 0.3) is 0 Å². The number of hydrogen-bond donors (Lipinski definition) is 4. The van der Waals surface area contributed by atoms with E-state index < -0.39 is 24.0 Å². The molecule has 9 heteroatoms. The molecular formula is C11H15N3O6. The summed E-state index contributed by atoms with van der Waals surface area (Å²) < 4.78 is 4.57. The number of carboxylic acids is 2. The Kier molecular flexibility index (Phi) is 6.01. The summed E-state index contributed by atoms with van der Waals surface area (Å²) in [5.41, 5.74) is 0.498. The summed E-state index contributed by atoms with van der Waals surface area (Å²) in [6.07, 6.45) is 1.40. The minimum atomic E-state index is -1.22. The molecule has 1 aromatic heterocycles.